The lowest BCUT2D eigenvalue weighted by atomic mass is 10.1. The standard InChI is InChI=1S/C25H22N6O3S/c1-15(32)27-24-20(16-8-4-3-5-9-16)29-23(35-24)17-14-18-22(31(21(17)26)12-13-34-2)28-19-10-6-7-11-30(19)25(18)33/h3-11,14,26H,12-13H2,1-2H3,(H,27,32). The van der Waals surface area contributed by atoms with E-state index in [2.05, 4.69) is 10.3 Å². The van der Waals surface area contributed by atoms with Crippen LogP contribution in [-0.4, -0.2) is 38.6 Å². The van der Waals surface area contributed by atoms with Gasteiger partial charge in [-0.25, -0.2) is 9.97 Å². The highest BCUT2D eigenvalue weighted by Gasteiger charge is 2.20. The van der Waals surface area contributed by atoms with E-state index in [4.69, 9.17) is 15.1 Å². The quantitative estimate of drug-likeness (QED) is 0.357. The van der Waals surface area contributed by atoms with Crippen molar-refractivity contribution in [3.05, 3.63) is 76.6 Å². The molecule has 1 aromatic carbocycles. The molecule has 35 heavy (non-hydrogen) atoms. The van der Waals surface area contributed by atoms with Crippen molar-refractivity contribution in [2.45, 2.75) is 13.5 Å². The minimum Gasteiger partial charge on any atom is -0.383 e. The van der Waals surface area contributed by atoms with E-state index >= 15 is 0 Å². The minimum atomic E-state index is -0.236. The third-order valence-corrected chi connectivity index (χ3v) is 6.54. The number of ether oxygens (including phenoxy) is 1. The summed E-state index contributed by atoms with van der Waals surface area (Å²) in [6.07, 6.45) is 1.67. The van der Waals surface area contributed by atoms with Crippen molar-refractivity contribution in [2.24, 2.45) is 0 Å². The van der Waals surface area contributed by atoms with Gasteiger partial charge in [0.25, 0.3) is 5.56 Å². The lowest BCUT2D eigenvalue weighted by Crippen LogP contribution is -2.28. The van der Waals surface area contributed by atoms with Crippen molar-refractivity contribution in [2.75, 3.05) is 19.0 Å². The van der Waals surface area contributed by atoms with Crippen LogP contribution in [0.2, 0.25) is 0 Å². The predicted molar refractivity (Wildman–Crippen MR) is 136 cm³/mol. The van der Waals surface area contributed by atoms with Gasteiger partial charge in [0, 0.05) is 32.3 Å². The fourth-order valence-electron chi connectivity index (χ4n) is 3.92. The lowest BCUT2D eigenvalue weighted by Gasteiger charge is -2.13. The zero-order chi connectivity index (χ0) is 24.5. The smallest absolute Gasteiger partial charge is 0.267 e. The third-order valence-electron chi connectivity index (χ3n) is 5.53. The molecule has 4 heterocycles. The molecule has 2 N–H and O–H groups in total. The lowest BCUT2D eigenvalue weighted by molar-refractivity contribution is -0.114. The van der Waals surface area contributed by atoms with Crippen LogP contribution in [0.1, 0.15) is 6.92 Å². The molecule has 1 amide bonds. The first kappa shape index (κ1) is 22.6. The largest absolute Gasteiger partial charge is 0.383 e. The van der Waals surface area contributed by atoms with Gasteiger partial charge in [0.15, 0.2) is 0 Å². The number of hydrogen-bond acceptors (Lipinski definition) is 7. The number of thiazole rings is 1. The molecule has 0 unspecified atom stereocenters. The van der Waals surface area contributed by atoms with Crippen LogP contribution in [0.15, 0.2) is 65.6 Å². The second kappa shape index (κ2) is 9.24. The summed E-state index contributed by atoms with van der Waals surface area (Å²) in [4.78, 5) is 34.7. The zero-order valence-electron chi connectivity index (χ0n) is 19.1. The number of hydrogen-bond donors (Lipinski definition) is 2. The number of nitrogens with zero attached hydrogens (tertiary/aromatic N) is 4. The number of rotatable bonds is 6. The first-order chi connectivity index (χ1) is 17.0. The Morgan fingerprint density at radius 1 is 1.14 bits per heavy atom. The van der Waals surface area contributed by atoms with E-state index in [1.165, 1.54) is 22.7 Å². The summed E-state index contributed by atoms with van der Waals surface area (Å²) in [6.45, 7) is 2.12. The maximum Gasteiger partial charge on any atom is 0.267 e. The van der Waals surface area contributed by atoms with Gasteiger partial charge in [-0.1, -0.05) is 47.7 Å². The van der Waals surface area contributed by atoms with Crippen molar-refractivity contribution in [3.63, 3.8) is 0 Å². The first-order valence-electron chi connectivity index (χ1n) is 10.9. The van der Waals surface area contributed by atoms with E-state index in [-0.39, 0.29) is 17.0 Å². The number of anilines is 1. The molecule has 4 aromatic heterocycles. The first-order valence-corrected chi connectivity index (χ1v) is 11.7. The molecule has 0 aliphatic rings. The number of methoxy groups -OCH3 is 1. The van der Waals surface area contributed by atoms with E-state index in [0.29, 0.717) is 51.1 Å². The van der Waals surface area contributed by atoms with Crippen molar-refractivity contribution in [1.82, 2.24) is 18.9 Å². The number of carbonyl (C=O) groups excluding carboxylic acids is 1. The van der Waals surface area contributed by atoms with Gasteiger partial charge in [-0.05, 0) is 18.2 Å². The van der Waals surface area contributed by atoms with E-state index in [1.54, 1.807) is 36.1 Å². The topological polar surface area (TPSA) is 114 Å². The molecule has 5 rings (SSSR count). The van der Waals surface area contributed by atoms with Gasteiger partial charge in [-0.3, -0.25) is 19.4 Å². The average Bonchev–Trinajstić information content (AvgIpc) is 3.27. The van der Waals surface area contributed by atoms with Gasteiger partial charge < -0.3 is 14.6 Å². The SMILES string of the molecule is COCCn1c(=N)c(-c2nc(-c3ccccc3)c(NC(C)=O)s2)cc2c(=O)n3ccccc3nc21. The van der Waals surface area contributed by atoms with E-state index in [9.17, 15) is 9.59 Å². The van der Waals surface area contributed by atoms with Crippen molar-refractivity contribution in [1.29, 1.82) is 5.41 Å². The van der Waals surface area contributed by atoms with Gasteiger partial charge >= 0.3 is 0 Å². The van der Waals surface area contributed by atoms with Crippen molar-refractivity contribution >= 4 is 38.9 Å². The molecule has 0 fully saturated rings. The second-order valence-electron chi connectivity index (χ2n) is 7.88. The molecule has 5 aromatic rings. The van der Waals surface area contributed by atoms with Gasteiger partial charge in [0.1, 0.15) is 32.5 Å². The Kier molecular flexibility index (Phi) is 5.98. The molecule has 0 saturated heterocycles. The number of nitrogens with one attached hydrogen (secondary N) is 2. The number of amides is 1. The maximum absolute atomic E-state index is 13.4. The number of aromatic nitrogens is 4. The summed E-state index contributed by atoms with van der Waals surface area (Å²) in [6, 6.07) is 16.5. The molecule has 0 radical (unpaired) electrons. The number of carbonyl (C=O) groups is 1. The molecule has 0 aliphatic carbocycles. The summed E-state index contributed by atoms with van der Waals surface area (Å²) in [7, 11) is 1.58. The monoisotopic (exact) mass is 486 g/mol. The summed E-state index contributed by atoms with van der Waals surface area (Å²) < 4.78 is 8.42. The van der Waals surface area contributed by atoms with Crippen LogP contribution in [0.5, 0.6) is 0 Å². The highest BCUT2D eigenvalue weighted by atomic mass is 32.1. The Hall–Kier alpha value is -4.15. The number of fused-ring (bicyclic) bond motifs is 2. The fourth-order valence-corrected chi connectivity index (χ4v) is 4.97. The van der Waals surface area contributed by atoms with Crippen LogP contribution in [0.4, 0.5) is 5.00 Å². The van der Waals surface area contributed by atoms with E-state index in [0.717, 1.165) is 5.56 Å². The Morgan fingerprint density at radius 3 is 2.66 bits per heavy atom. The highest BCUT2D eigenvalue weighted by molar-refractivity contribution is 7.19. The average molecular weight is 487 g/mol. The minimum absolute atomic E-state index is 0.157. The van der Waals surface area contributed by atoms with Crippen LogP contribution in [-0.2, 0) is 16.1 Å². The van der Waals surface area contributed by atoms with Gasteiger partial charge in [-0.15, -0.1) is 0 Å². The van der Waals surface area contributed by atoms with Crippen LogP contribution in [0.25, 0.3) is 38.5 Å². The van der Waals surface area contributed by atoms with E-state index < -0.39 is 0 Å². The van der Waals surface area contributed by atoms with Crippen molar-refractivity contribution < 1.29 is 9.53 Å². The summed E-state index contributed by atoms with van der Waals surface area (Å²) in [5, 5.41) is 13.3. The van der Waals surface area contributed by atoms with Crippen LogP contribution in [0.3, 0.4) is 0 Å². The molecule has 0 spiro atoms. The van der Waals surface area contributed by atoms with Gasteiger partial charge in [0.2, 0.25) is 5.91 Å². The summed E-state index contributed by atoms with van der Waals surface area (Å²) in [5.74, 6) is -0.217. The molecule has 176 valence electrons. The molecular formula is C25H22N6O3S. The molecule has 10 heteroatoms. The molecule has 0 atom stereocenters. The van der Waals surface area contributed by atoms with Crippen LogP contribution >= 0.6 is 11.3 Å². The number of pyridine rings is 2. The third kappa shape index (κ3) is 4.13. The van der Waals surface area contributed by atoms with Crippen molar-refractivity contribution in [3.8, 4) is 21.8 Å². The molecule has 9 nitrogen and oxygen atoms in total. The Morgan fingerprint density at radius 2 is 1.91 bits per heavy atom. The Bertz CT molecular complexity index is 1690. The van der Waals surface area contributed by atoms with Gasteiger partial charge in [-0.2, -0.15) is 0 Å². The van der Waals surface area contributed by atoms with E-state index in [1.807, 2.05) is 36.4 Å². The Labute approximate surface area is 203 Å². The predicted octanol–water partition coefficient (Wildman–Crippen LogP) is 3.52. The molecule has 0 aliphatic heterocycles. The fraction of sp³-hybridized carbons (Fsp3) is 0.160. The summed E-state index contributed by atoms with van der Waals surface area (Å²) in [5.41, 5.74) is 2.75. The summed E-state index contributed by atoms with van der Waals surface area (Å²) >= 11 is 1.26. The van der Waals surface area contributed by atoms with Crippen LogP contribution < -0.4 is 16.4 Å². The molecule has 0 saturated carbocycles. The Balaban J connectivity index is 1.80. The maximum atomic E-state index is 13.4. The highest BCUT2D eigenvalue weighted by Crippen LogP contribution is 2.37. The molecular weight excluding hydrogens is 464 g/mol. The normalized spacial score (nSPS) is 11.3. The van der Waals surface area contributed by atoms with Crippen LogP contribution in [0, 0.1) is 5.41 Å². The number of benzene rings is 1. The van der Waals surface area contributed by atoms with Gasteiger partial charge in [0.05, 0.1) is 17.6 Å². The second-order valence-corrected chi connectivity index (χ2v) is 8.88. The zero-order valence-corrected chi connectivity index (χ0v) is 19.9. The molecule has 0 bridgehead atoms.